The second-order valence-electron chi connectivity index (χ2n) is 3.63. The summed E-state index contributed by atoms with van der Waals surface area (Å²) in [5, 5.41) is 13.3. The fourth-order valence-corrected chi connectivity index (χ4v) is 1.43. The molecule has 0 radical (unpaired) electrons. The number of hydrazone groups is 1. The maximum absolute atomic E-state index is 11.7. The zero-order valence-corrected chi connectivity index (χ0v) is 9.58. The summed E-state index contributed by atoms with van der Waals surface area (Å²) >= 11 is 0. The molecule has 0 spiro atoms. The zero-order chi connectivity index (χ0) is 12.8. The molecule has 4 heteroatoms. The van der Waals surface area contributed by atoms with Crippen molar-refractivity contribution in [3.8, 4) is 5.75 Å². The Morgan fingerprint density at radius 2 is 1.72 bits per heavy atom. The third-order valence-corrected chi connectivity index (χ3v) is 2.33. The van der Waals surface area contributed by atoms with Crippen molar-refractivity contribution in [1.29, 1.82) is 0 Å². The van der Waals surface area contributed by atoms with Crippen LogP contribution in [0.1, 0.15) is 15.9 Å². The SMILES string of the molecule is O=C(N/N=C/c1ccccc1)c1ccccc1O. The van der Waals surface area contributed by atoms with E-state index >= 15 is 0 Å². The second kappa shape index (κ2) is 5.63. The van der Waals surface area contributed by atoms with Gasteiger partial charge in [0.1, 0.15) is 5.75 Å². The van der Waals surface area contributed by atoms with Crippen molar-refractivity contribution in [3.05, 3.63) is 65.7 Å². The van der Waals surface area contributed by atoms with E-state index in [4.69, 9.17) is 0 Å². The number of rotatable bonds is 3. The van der Waals surface area contributed by atoms with E-state index in [1.54, 1.807) is 12.1 Å². The number of benzene rings is 2. The van der Waals surface area contributed by atoms with Crippen LogP contribution in [0.25, 0.3) is 0 Å². The Balaban J connectivity index is 2.01. The molecule has 0 aliphatic carbocycles. The van der Waals surface area contributed by atoms with Gasteiger partial charge in [-0.3, -0.25) is 4.79 Å². The van der Waals surface area contributed by atoms with E-state index < -0.39 is 5.91 Å². The van der Waals surface area contributed by atoms with Gasteiger partial charge in [0, 0.05) is 0 Å². The molecule has 1 amide bonds. The van der Waals surface area contributed by atoms with Crippen molar-refractivity contribution in [2.45, 2.75) is 0 Å². The van der Waals surface area contributed by atoms with Crippen LogP contribution in [0, 0.1) is 0 Å². The van der Waals surface area contributed by atoms with E-state index in [0.717, 1.165) is 5.56 Å². The first-order valence-electron chi connectivity index (χ1n) is 5.44. The number of amides is 1. The van der Waals surface area contributed by atoms with Crippen LogP contribution in [-0.2, 0) is 0 Å². The molecule has 0 bridgehead atoms. The fourth-order valence-electron chi connectivity index (χ4n) is 1.43. The predicted octanol–water partition coefficient (Wildman–Crippen LogP) is 2.16. The number of carbonyl (C=O) groups is 1. The molecule has 0 aliphatic rings. The molecular weight excluding hydrogens is 228 g/mol. The van der Waals surface area contributed by atoms with E-state index in [0.29, 0.717) is 0 Å². The minimum atomic E-state index is -0.444. The van der Waals surface area contributed by atoms with Crippen LogP contribution >= 0.6 is 0 Å². The highest BCUT2D eigenvalue weighted by molar-refractivity contribution is 5.97. The van der Waals surface area contributed by atoms with Crippen molar-refractivity contribution < 1.29 is 9.90 Å². The number of carbonyl (C=O) groups excluding carboxylic acids is 1. The topological polar surface area (TPSA) is 61.7 Å². The fraction of sp³-hybridized carbons (Fsp3) is 0. The lowest BCUT2D eigenvalue weighted by atomic mass is 10.2. The summed E-state index contributed by atoms with van der Waals surface area (Å²) in [7, 11) is 0. The van der Waals surface area contributed by atoms with Gasteiger partial charge in [0.15, 0.2) is 0 Å². The number of hydrogen-bond donors (Lipinski definition) is 2. The molecule has 4 nitrogen and oxygen atoms in total. The molecular formula is C14H12N2O2. The Morgan fingerprint density at radius 3 is 2.44 bits per heavy atom. The normalized spacial score (nSPS) is 10.4. The molecule has 0 fully saturated rings. The molecule has 0 aliphatic heterocycles. The summed E-state index contributed by atoms with van der Waals surface area (Å²) < 4.78 is 0. The maximum atomic E-state index is 11.7. The van der Waals surface area contributed by atoms with Gasteiger partial charge in [-0.15, -0.1) is 0 Å². The molecule has 0 saturated carbocycles. The molecule has 90 valence electrons. The summed E-state index contributed by atoms with van der Waals surface area (Å²) in [4.78, 5) is 11.7. The van der Waals surface area contributed by atoms with Crippen LogP contribution in [0.5, 0.6) is 5.75 Å². The van der Waals surface area contributed by atoms with Gasteiger partial charge in [0.25, 0.3) is 5.91 Å². The van der Waals surface area contributed by atoms with Crippen LogP contribution in [0.15, 0.2) is 59.7 Å². The number of phenolic OH excluding ortho intramolecular Hbond substituents is 1. The number of aromatic hydroxyl groups is 1. The lowest BCUT2D eigenvalue weighted by Gasteiger charge is -2.01. The third-order valence-electron chi connectivity index (χ3n) is 2.33. The van der Waals surface area contributed by atoms with Gasteiger partial charge in [-0.1, -0.05) is 42.5 Å². The van der Waals surface area contributed by atoms with Crippen LogP contribution in [0.3, 0.4) is 0 Å². The average molecular weight is 240 g/mol. The molecule has 0 unspecified atom stereocenters. The van der Waals surface area contributed by atoms with Crippen LogP contribution in [0.2, 0.25) is 0 Å². The molecule has 0 atom stereocenters. The molecule has 2 aromatic rings. The van der Waals surface area contributed by atoms with E-state index in [1.807, 2.05) is 30.3 Å². The van der Waals surface area contributed by atoms with Gasteiger partial charge in [-0.05, 0) is 17.7 Å². The van der Waals surface area contributed by atoms with Crippen molar-refractivity contribution in [1.82, 2.24) is 5.43 Å². The molecule has 0 heterocycles. The Bertz CT molecular complexity index is 565. The molecule has 18 heavy (non-hydrogen) atoms. The molecule has 2 aromatic carbocycles. The zero-order valence-electron chi connectivity index (χ0n) is 9.58. The second-order valence-corrected chi connectivity index (χ2v) is 3.63. The molecule has 0 saturated heterocycles. The van der Waals surface area contributed by atoms with Crippen LogP contribution < -0.4 is 5.43 Å². The standard InChI is InChI=1S/C14H12N2O2/c17-13-9-5-4-8-12(13)14(18)16-15-10-11-6-2-1-3-7-11/h1-10,17H,(H,16,18)/b15-10+. The Hall–Kier alpha value is -2.62. The van der Waals surface area contributed by atoms with Crippen LogP contribution in [-0.4, -0.2) is 17.2 Å². The predicted molar refractivity (Wildman–Crippen MR) is 69.6 cm³/mol. The Kier molecular flexibility index (Phi) is 3.71. The van der Waals surface area contributed by atoms with Gasteiger partial charge >= 0.3 is 0 Å². The van der Waals surface area contributed by atoms with Gasteiger partial charge < -0.3 is 5.11 Å². The summed E-state index contributed by atoms with van der Waals surface area (Å²) in [6, 6.07) is 15.7. The van der Waals surface area contributed by atoms with E-state index in [1.165, 1.54) is 18.3 Å². The van der Waals surface area contributed by atoms with Gasteiger partial charge in [-0.25, -0.2) is 5.43 Å². The highest BCUT2D eigenvalue weighted by atomic mass is 16.3. The number of phenols is 1. The number of nitrogens with one attached hydrogen (secondary N) is 1. The van der Waals surface area contributed by atoms with Crippen molar-refractivity contribution in [3.63, 3.8) is 0 Å². The van der Waals surface area contributed by atoms with Crippen LogP contribution in [0.4, 0.5) is 0 Å². The van der Waals surface area contributed by atoms with Gasteiger partial charge in [0.05, 0.1) is 11.8 Å². The highest BCUT2D eigenvalue weighted by Crippen LogP contribution is 2.14. The lowest BCUT2D eigenvalue weighted by Crippen LogP contribution is -2.17. The average Bonchev–Trinajstić information content (AvgIpc) is 2.40. The first-order chi connectivity index (χ1) is 8.77. The number of nitrogens with zero attached hydrogens (tertiary/aromatic N) is 1. The van der Waals surface area contributed by atoms with Crippen molar-refractivity contribution in [2.24, 2.45) is 5.10 Å². The summed E-state index contributed by atoms with van der Waals surface area (Å²) in [6.07, 6.45) is 1.54. The largest absolute Gasteiger partial charge is 0.507 e. The van der Waals surface area contributed by atoms with E-state index in [-0.39, 0.29) is 11.3 Å². The monoisotopic (exact) mass is 240 g/mol. The van der Waals surface area contributed by atoms with Gasteiger partial charge in [-0.2, -0.15) is 5.10 Å². The van der Waals surface area contributed by atoms with E-state index in [2.05, 4.69) is 10.5 Å². The highest BCUT2D eigenvalue weighted by Gasteiger charge is 2.08. The Morgan fingerprint density at radius 1 is 1.06 bits per heavy atom. The quantitative estimate of drug-likeness (QED) is 0.638. The number of para-hydroxylation sites is 1. The van der Waals surface area contributed by atoms with Gasteiger partial charge in [0.2, 0.25) is 0 Å². The Labute approximate surface area is 105 Å². The summed E-state index contributed by atoms with van der Waals surface area (Å²) in [5.74, 6) is -0.509. The molecule has 0 aromatic heterocycles. The summed E-state index contributed by atoms with van der Waals surface area (Å²) in [5.41, 5.74) is 3.44. The minimum Gasteiger partial charge on any atom is -0.507 e. The first kappa shape index (κ1) is 11.9. The first-order valence-corrected chi connectivity index (χ1v) is 5.44. The lowest BCUT2D eigenvalue weighted by molar-refractivity contribution is 0.0952. The molecule has 2 rings (SSSR count). The maximum Gasteiger partial charge on any atom is 0.275 e. The minimum absolute atomic E-state index is 0.0649. The smallest absolute Gasteiger partial charge is 0.275 e. The molecule has 2 N–H and O–H groups in total. The van der Waals surface area contributed by atoms with E-state index in [9.17, 15) is 9.90 Å². The number of hydrogen-bond acceptors (Lipinski definition) is 3. The van der Waals surface area contributed by atoms with Crippen molar-refractivity contribution >= 4 is 12.1 Å². The van der Waals surface area contributed by atoms with Crippen molar-refractivity contribution in [2.75, 3.05) is 0 Å². The summed E-state index contributed by atoms with van der Waals surface area (Å²) in [6.45, 7) is 0. The third kappa shape index (κ3) is 2.95.